The lowest BCUT2D eigenvalue weighted by Gasteiger charge is -2.21. The number of benzene rings is 2. The Labute approximate surface area is 136 Å². The van der Waals surface area contributed by atoms with Crippen molar-refractivity contribution in [3.8, 4) is 11.1 Å². The first-order valence-electron chi connectivity index (χ1n) is 7.90. The Morgan fingerprint density at radius 1 is 1.09 bits per heavy atom. The number of amides is 1. The molecule has 23 heavy (non-hydrogen) atoms. The van der Waals surface area contributed by atoms with Crippen LogP contribution in [0.15, 0.2) is 54.6 Å². The van der Waals surface area contributed by atoms with Crippen LogP contribution >= 0.6 is 0 Å². The number of aliphatic hydroxyl groups excluding tert-OH is 1. The van der Waals surface area contributed by atoms with Crippen LogP contribution in [0.2, 0.25) is 0 Å². The highest BCUT2D eigenvalue weighted by atomic mass is 16.5. The fraction of sp³-hybridized carbons (Fsp3) is 0.316. The summed E-state index contributed by atoms with van der Waals surface area (Å²) in [6.07, 6.45) is -0.246. The Kier molecular flexibility index (Phi) is 5.05. The molecule has 0 spiro atoms. The second-order valence-electron chi connectivity index (χ2n) is 5.81. The van der Waals surface area contributed by atoms with Gasteiger partial charge in [0.15, 0.2) is 0 Å². The molecule has 0 bridgehead atoms. The average molecular weight is 311 g/mol. The number of hydrogen-bond acceptors (Lipinski definition) is 3. The van der Waals surface area contributed by atoms with Crippen molar-refractivity contribution in [3.63, 3.8) is 0 Å². The number of hydrogen-bond donors (Lipinski definition) is 1. The molecule has 2 aromatic carbocycles. The first-order chi connectivity index (χ1) is 11.2. The molecule has 1 N–H and O–H groups in total. The summed E-state index contributed by atoms with van der Waals surface area (Å²) in [6, 6.07) is 18.2. The molecular formula is C19H21NO3. The van der Waals surface area contributed by atoms with Gasteiger partial charge in [0.05, 0.1) is 25.7 Å². The number of carbonyl (C=O) groups is 1. The van der Waals surface area contributed by atoms with E-state index in [4.69, 9.17) is 4.74 Å². The standard InChI is InChI=1S/C19H21NO3/c21-18-13-20(10-11-23-14-18)19(22)12-15-6-8-17(9-7-15)16-4-2-1-3-5-16/h1-9,18,21H,10-14H2/t18-/m0/s1. The van der Waals surface area contributed by atoms with Crippen molar-refractivity contribution >= 4 is 5.91 Å². The molecule has 1 atom stereocenters. The smallest absolute Gasteiger partial charge is 0.227 e. The molecule has 120 valence electrons. The summed E-state index contributed by atoms with van der Waals surface area (Å²) in [7, 11) is 0. The van der Waals surface area contributed by atoms with Crippen LogP contribution in [-0.4, -0.2) is 48.3 Å². The number of rotatable bonds is 3. The fourth-order valence-electron chi connectivity index (χ4n) is 2.75. The van der Waals surface area contributed by atoms with Gasteiger partial charge in [0.2, 0.25) is 5.91 Å². The third kappa shape index (κ3) is 4.18. The number of β-amino-alcohol motifs (C(OH)–C–C–N with tert-alkyl or cyclic N) is 1. The van der Waals surface area contributed by atoms with E-state index in [2.05, 4.69) is 12.1 Å². The van der Waals surface area contributed by atoms with E-state index in [1.165, 1.54) is 0 Å². The van der Waals surface area contributed by atoms with Gasteiger partial charge < -0.3 is 14.7 Å². The van der Waals surface area contributed by atoms with Crippen molar-refractivity contribution in [2.24, 2.45) is 0 Å². The molecule has 1 fully saturated rings. The van der Waals surface area contributed by atoms with E-state index >= 15 is 0 Å². The zero-order valence-corrected chi connectivity index (χ0v) is 13.0. The van der Waals surface area contributed by atoms with Gasteiger partial charge in [-0.05, 0) is 16.7 Å². The van der Waals surface area contributed by atoms with Crippen molar-refractivity contribution in [3.05, 3.63) is 60.2 Å². The molecule has 0 unspecified atom stereocenters. The Hall–Kier alpha value is -2.17. The highest BCUT2D eigenvalue weighted by Crippen LogP contribution is 2.19. The predicted molar refractivity (Wildman–Crippen MR) is 89.0 cm³/mol. The second-order valence-corrected chi connectivity index (χ2v) is 5.81. The molecule has 1 aliphatic heterocycles. The summed E-state index contributed by atoms with van der Waals surface area (Å²) in [5, 5.41) is 9.72. The van der Waals surface area contributed by atoms with E-state index in [0.29, 0.717) is 32.7 Å². The minimum absolute atomic E-state index is 0.0296. The zero-order chi connectivity index (χ0) is 16.1. The third-order valence-electron chi connectivity index (χ3n) is 4.02. The minimum Gasteiger partial charge on any atom is -0.389 e. The van der Waals surface area contributed by atoms with E-state index in [9.17, 15) is 9.90 Å². The van der Waals surface area contributed by atoms with Crippen LogP contribution in [0.3, 0.4) is 0 Å². The van der Waals surface area contributed by atoms with Crippen LogP contribution in [-0.2, 0) is 16.0 Å². The number of nitrogens with zero attached hydrogens (tertiary/aromatic N) is 1. The van der Waals surface area contributed by atoms with Crippen LogP contribution < -0.4 is 0 Å². The van der Waals surface area contributed by atoms with Crippen LogP contribution in [0.1, 0.15) is 5.56 Å². The minimum atomic E-state index is -0.595. The molecule has 0 aromatic heterocycles. The molecule has 1 aliphatic rings. The molecule has 1 saturated heterocycles. The molecule has 1 amide bonds. The molecule has 0 aliphatic carbocycles. The van der Waals surface area contributed by atoms with Gasteiger partial charge in [0.25, 0.3) is 0 Å². The average Bonchev–Trinajstić information content (AvgIpc) is 2.81. The molecule has 1 heterocycles. The van der Waals surface area contributed by atoms with E-state index in [-0.39, 0.29) is 5.91 Å². The third-order valence-corrected chi connectivity index (χ3v) is 4.02. The Bertz CT molecular complexity index is 639. The van der Waals surface area contributed by atoms with Crippen LogP contribution in [0.4, 0.5) is 0 Å². The maximum absolute atomic E-state index is 12.4. The lowest BCUT2D eigenvalue weighted by atomic mass is 10.0. The monoisotopic (exact) mass is 311 g/mol. The highest BCUT2D eigenvalue weighted by Gasteiger charge is 2.20. The van der Waals surface area contributed by atoms with Crippen molar-refractivity contribution in [2.75, 3.05) is 26.3 Å². The summed E-state index contributed by atoms with van der Waals surface area (Å²) < 4.78 is 5.26. The second kappa shape index (κ2) is 7.40. The normalized spacial score (nSPS) is 18.5. The van der Waals surface area contributed by atoms with E-state index in [1.54, 1.807) is 4.90 Å². The maximum atomic E-state index is 12.4. The van der Waals surface area contributed by atoms with Gasteiger partial charge in [-0.3, -0.25) is 4.79 Å². The fourth-order valence-corrected chi connectivity index (χ4v) is 2.75. The topological polar surface area (TPSA) is 49.8 Å². The van der Waals surface area contributed by atoms with Gasteiger partial charge in [-0.2, -0.15) is 0 Å². The molecule has 0 saturated carbocycles. The van der Waals surface area contributed by atoms with Gasteiger partial charge in [0, 0.05) is 13.1 Å². The largest absolute Gasteiger partial charge is 0.389 e. The SMILES string of the molecule is O=C(Cc1ccc(-c2ccccc2)cc1)N1CCOC[C@@H](O)C1. The number of aliphatic hydroxyl groups is 1. The van der Waals surface area contributed by atoms with Gasteiger partial charge in [0.1, 0.15) is 0 Å². The van der Waals surface area contributed by atoms with Gasteiger partial charge in [-0.15, -0.1) is 0 Å². The van der Waals surface area contributed by atoms with E-state index < -0.39 is 6.10 Å². The molecule has 4 nitrogen and oxygen atoms in total. The summed E-state index contributed by atoms with van der Waals surface area (Å²) in [5.41, 5.74) is 3.29. The van der Waals surface area contributed by atoms with Gasteiger partial charge in [-0.25, -0.2) is 0 Å². The van der Waals surface area contributed by atoms with Crippen molar-refractivity contribution in [1.29, 1.82) is 0 Å². The molecule has 2 aromatic rings. The quantitative estimate of drug-likeness (QED) is 0.944. The Balaban J connectivity index is 1.65. The first-order valence-corrected chi connectivity index (χ1v) is 7.90. The van der Waals surface area contributed by atoms with Crippen molar-refractivity contribution < 1.29 is 14.6 Å². The molecule has 4 heteroatoms. The highest BCUT2D eigenvalue weighted by molar-refractivity contribution is 5.79. The zero-order valence-electron chi connectivity index (χ0n) is 13.0. The van der Waals surface area contributed by atoms with Crippen LogP contribution in [0.5, 0.6) is 0 Å². The first kappa shape index (κ1) is 15.7. The molecule has 0 radical (unpaired) electrons. The van der Waals surface area contributed by atoms with Crippen molar-refractivity contribution in [1.82, 2.24) is 4.90 Å². The van der Waals surface area contributed by atoms with Gasteiger partial charge >= 0.3 is 0 Å². The van der Waals surface area contributed by atoms with Crippen molar-refractivity contribution in [2.45, 2.75) is 12.5 Å². The Morgan fingerprint density at radius 3 is 2.52 bits per heavy atom. The summed E-state index contributed by atoms with van der Waals surface area (Å²) in [4.78, 5) is 14.1. The molecule has 3 rings (SSSR count). The summed E-state index contributed by atoms with van der Waals surface area (Å²) >= 11 is 0. The summed E-state index contributed by atoms with van der Waals surface area (Å²) in [6.45, 7) is 1.67. The Morgan fingerprint density at radius 2 is 1.78 bits per heavy atom. The van der Waals surface area contributed by atoms with Crippen LogP contribution in [0, 0.1) is 0 Å². The summed E-state index contributed by atoms with van der Waals surface area (Å²) in [5.74, 6) is 0.0296. The molecular weight excluding hydrogens is 290 g/mol. The maximum Gasteiger partial charge on any atom is 0.227 e. The van der Waals surface area contributed by atoms with E-state index in [1.807, 2.05) is 42.5 Å². The number of carbonyl (C=O) groups excluding carboxylic acids is 1. The predicted octanol–water partition coefficient (Wildman–Crippen LogP) is 2.12. The van der Waals surface area contributed by atoms with Crippen LogP contribution in [0.25, 0.3) is 11.1 Å². The van der Waals surface area contributed by atoms with Gasteiger partial charge in [-0.1, -0.05) is 54.6 Å². The van der Waals surface area contributed by atoms with E-state index in [0.717, 1.165) is 16.7 Å². The lowest BCUT2D eigenvalue weighted by molar-refractivity contribution is -0.131. The lowest BCUT2D eigenvalue weighted by Crippen LogP contribution is -2.38. The number of ether oxygens (including phenoxy) is 1.